The van der Waals surface area contributed by atoms with E-state index in [9.17, 15) is 21.0 Å². The average Bonchev–Trinajstić information content (AvgIpc) is 3.20. The van der Waals surface area contributed by atoms with E-state index in [1.165, 1.54) is 0 Å². The second-order valence-corrected chi connectivity index (χ2v) is 8.03. The number of rotatable bonds is 3. The summed E-state index contributed by atoms with van der Waals surface area (Å²) in [5, 5.41) is 41.2. The number of hydrogen-bond donors (Lipinski definition) is 0. The number of aromatic nitrogens is 1. The van der Waals surface area contributed by atoms with Gasteiger partial charge in [0.15, 0.2) is 11.1 Å². The molecule has 0 aliphatic heterocycles. The van der Waals surface area contributed by atoms with Crippen molar-refractivity contribution in [2.45, 2.75) is 19.9 Å². The number of nitriles is 4. The number of benzene rings is 3. The zero-order valence-corrected chi connectivity index (χ0v) is 18.7. The average molecular weight is 438 g/mol. The van der Waals surface area contributed by atoms with E-state index in [-0.39, 0.29) is 17.2 Å². The maximum atomic E-state index is 9.77. The van der Waals surface area contributed by atoms with Crippen LogP contribution in [0.25, 0.3) is 44.2 Å². The summed E-state index contributed by atoms with van der Waals surface area (Å²) in [5.74, 6) is 0. The van der Waals surface area contributed by atoms with Crippen molar-refractivity contribution in [1.82, 2.24) is 4.57 Å². The molecule has 1 heterocycles. The van der Waals surface area contributed by atoms with Crippen LogP contribution >= 0.6 is 0 Å². The van der Waals surface area contributed by atoms with E-state index in [2.05, 4.69) is 0 Å². The zero-order valence-electron chi connectivity index (χ0n) is 18.7. The van der Waals surface area contributed by atoms with Gasteiger partial charge in [0, 0.05) is 16.8 Å². The van der Waals surface area contributed by atoms with E-state index in [4.69, 9.17) is 0 Å². The molecule has 0 amide bonds. The van der Waals surface area contributed by atoms with Gasteiger partial charge in [0.2, 0.25) is 0 Å². The van der Waals surface area contributed by atoms with E-state index in [0.717, 1.165) is 22.3 Å². The van der Waals surface area contributed by atoms with Crippen molar-refractivity contribution in [3.8, 4) is 46.5 Å². The van der Waals surface area contributed by atoms with Crippen LogP contribution in [0.15, 0.2) is 72.8 Å². The van der Waals surface area contributed by atoms with Crippen LogP contribution in [-0.2, 0) is 0 Å². The molecule has 0 aliphatic rings. The topological polar surface area (TPSA) is 100 Å². The molecule has 160 valence electrons. The summed E-state index contributed by atoms with van der Waals surface area (Å²) in [6, 6.07) is 31.5. The SMILES string of the molecule is CC(C)n1c(=C(C#N)C#N)c2cc(-c3ccccc3)c(-c3ccccc3)cc2c1=C(C#N)C#N. The predicted octanol–water partition coefficient (Wildman–Crippen LogP) is 4.95. The van der Waals surface area contributed by atoms with Crippen molar-refractivity contribution in [1.29, 1.82) is 21.0 Å². The Morgan fingerprint density at radius 2 is 0.971 bits per heavy atom. The Hall–Kier alpha value is -5.10. The quantitative estimate of drug-likeness (QED) is 0.452. The van der Waals surface area contributed by atoms with Gasteiger partial charge in [-0.2, -0.15) is 21.0 Å². The van der Waals surface area contributed by atoms with Crippen LogP contribution in [0, 0.1) is 45.3 Å². The van der Waals surface area contributed by atoms with Crippen molar-refractivity contribution >= 4 is 21.9 Å². The molecule has 0 N–H and O–H groups in total. The zero-order chi connectivity index (χ0) is 24.2. The summed E-state index contributed by atoms with van der Waals surface area (Å²) in [6.07, 6.45) is 0. The highest BCUT2D eigenvalue weighted by atomic mass is 15.0. The summed E-state index contributed by atoms with van der Waals surface area (Å²) in [4.78, 5) is 0. The number of nitrogens with zero attached hydrogens (tertiary/aromatic N) is 5. The Kier molecular flexibility index (Phi) is 5.97. The minimum Gasteiger partial charge on any atom is -0.335 e. The van der Waals surface area contributed by atoms with Gasteiger partial charge < -0.3 is 4.57 Å². The standard InChI is InChI=1S/C29H19N5/c1-19(2)34-28(22(15-30)16-31)26-13-24(20-9-5-3-6-10-20)25(21-11-7-4-8-12-21)14-27(26)29(34)23(17-32)18-33/h3-14,19H,1-2H3. The summed E-state index contributed by atoms with van der Waals surface area (Å²) < 4.78 is 1.76. The normalized spacial score (nSPS) is 10.2. The molecule has 0 radical (unpaired) electrons. The van der Waals surface area contributed by atoms with Gasteiger partial charge in [-0.25, -0.2) is 0 Å². The molecule has 5 heteroatoms. The molecule has 0 saturated carbocycles. The first kappa shape index (κ1) is 22.1. The van der Waals surface area contributed by atoms with Crippen LogP contribution in [0.4, 0.5) is 0 Å². The molecule has 0 unspecified atom stereocenters. The fourth-order valence-electron chi connectivity index (χ4n) is 4.36. The molecule has 34 heavy (non-hydrogen) atoms. The lowest BCUT2D eigenvalue weighted by Crippen LogP contribution is -2.31. The van der Waals surface area contributed by atoms with Gasteiger partial charge in [0.25, 0.3) is 0 Å². The lowest BCUT2D eigenvalue weighted by Gasteiger charge is -2.11. The number of fused-ring (bicyclic) bond motifs is 1. The molecule has 1 aromatic heterocycles. The fourth-order valence-corrected chi connectivity index (χ4v) is 4.36. The van der Waals surface area contributed by atoms with Gasteiger partial charge in [-0.15, -0.1) is 0 Å². The molecule has 5 nitrogen and oxygen atoms in total. The lowest BCUT2D eigenvalue weighted by molar-refractivity contribution is 0.577. The second kappa shape index (κ2) is 9.18. The van der Waals surface area contributed by atoms with Gasteiger partial charge in [0.1, 0.15) is 24.3 Å². The Morgan fingerprint density at radius 3 is 1.26 bits per heavy atom. The molecule has 0 bridgehead atoms. The smallest absolute Gasteiger partial charge is 0.153 e. The second-order valence-electron chi connectivity index (χ2n) is 8.03. The summed E-state index contributed by atoms with van der Waals surface area (Å²) >= 11 is 0. The Morgan fingerprint density at radius 1 is 0.618 bits per heavy atom. The van der Waals surface area contributed by atoms with Crippen molar-refractivity contribution in [2.24, 2.45) is 0 Å². The van der Waals surface area contributed by atoms with Crippen LogP contribution in [0.2, 0.25) is 0 Å². The molecule has 4 aromatic rings. The lowest BCUT2D eigenvalue weighted by atomic mass is 9.92. The van der Waals surface area contributed by atoms with Crippen LogP contribution in [-0.4, -0.2) is 4.57 Å². The highest BCUT2D eigenvalue weighted by molar-refractivity contribution is 6.00. The van der Waals surface area contributed by atoms with Crippen LogP contribution < -0.4 is 10.7 Å². The third kappa shape index (κ3) is 3.59. The Balaban J connectivity index is 2.39. The van der Waals surface area contributed by atoms with Gasteiger partial charge in [-0.3, -0.25) is 0 Å². The third-order valence-electron chi connectivity index (χ3n) is 5.76. The van der Waals surface area contributed by atoms with Gasteiger partial charge in [-0.05, 0) is 48.2 Å². The molecular formula is C29H19N5. The monoisotopic (exact) mass is 437 g/mol. The van der Waals surface area contributed by atoms with E-state index >= 15 is 0 Å². The van der Waals surface area contributed by atoms with E-state index in [0.29, 0.717) is 21.5 Å². The van der Waals surface area contributed by atoms with Crippen LogP contribution in [0.5, 0.6) is 0 Å². The molecule has 0 atom stereocenters. The maximum absolute atomic E-state index is 9.77. The molecule has 0 saturated heterocycles. The maximum Gasteiger partial charge on any atom is 0.153 e. The van der Waals surface area contributed by atoms with Crippen molar-refractivity contribution in [2.75, 3.05) is 0 Å². The first-order valence-electron chi connectivity index (χ1n) is 10.7. The molecule has 0 spiro atoms. The largest absolute Gasteiger partial charge is 0.335 e. The van der Waals surface area contributed by atoms with Gasteiger partial charge in [-0.1, -0.05) is 60.7 Å². The first-order valence-corrected chi connectivity index (χ1v) is 10.7. The van der Waals surface area contributed by atoms with E-state index < -0.39 is 0 Å². The molecule has 4 rings (SSSR count). The molecule has 0 fully saturated rings. The van der Waals surface area contributed by atoms with Crippen LogP contribution in [0.3, 0.4) is 0 Å². The predicted molar refractivity (Wildman–Crippen MR) is 132 cm³/mol. The fraction of sp³-hybridized carbons (Fsp3) is 0.103. The molecule has 3 aromatic carbocycles. The summed E-state index contributed by atoms with van der Waals surface area (Å²) in [5.41, 5.74) is 3.69. The molecular weight excluding hydrogens is 418 g/mol. The van der Waals surface area contributed by atoms with Crippen LogP contribution in [0.1, 0.15) is 19.9 Å². The molecule has 0 aliphatic carbocycles. The minimum absolute atomic E-state index is 0.0633. The van der Waals surface area contributed by atoms with E-state index in [1.807, 2.05) is 111 Å². The number of hydrogen-bond acceptors (Lipinski definition) is 4. The van der Waals surface area contributed by atoms with Crippen molar-refractivity contribution in [3.05, 3.63) is 83.5 Å². The van der Waals surface area contributed by atoms with E-state index in [1.54, 1.807) is 4.57 Å². The van der Waals surface area contributed by atoms with Crippen molar-refractivity contribution < 1.29 is 0 Å². The Bertz CT molecular complexity index is 1540. The summed E-state index contributed by atoms with van der Waals surface area (Å²) in [6.45, 7) is 3.81. The summed E-state index contributed by atoms with van der Waals surface area (Å²) in [7, 11) is 0. The highest BCUT2D eigenvalue weighted by Crippen LogP contribution is 2.34. The van der Waals surface area contributed by atoms with Crippen molar-refractivity contribution in [3.63, 3.8) is 0 Å². The highest BCUT2D eigenvalue weighted by Gasteiger charge is 2.20. The van der Waals surface area contributed by atoms with Gasteiger partial charge >= 0.3 is 0 Å². The van der Waals surface area contributed by atoms with Gasteiger partial charge in [0.05, 0.1) is 10.7 Å². The first-order chi connectivity index (χ1) is 16.5. The third-order valence-corrected chi connectivity index (χ3v) is 5.76. The minimum atomic E-state index is -0.203. The Labute approximate surface area is 197 Å².